The van der Waals surface area contributed by atoms with Gasteiger partial charge in [0.05, 0.1) is 6.04 Å². The number of alkyl halides is 1. The quantitative estimate of drug-likeness (QED) is 0.802. The molecule has 2 rings (SSSR count). The van der Waals surface area contributed by atoms with Crippen molar-refractivity contribution in [2.24, 2.45) is 0 Å². The molecule has 2 aromatic rings. The lowest BCUT2D eigenvalue weighted by Gasteiger charge is -2.17. The number of thiophene rings is 1. The summed E-state index contributed by atoms with van der Waals surface area (Å²) >= 11 is 1.59. The largest absolute Gasteiger partial charge is 0.347 e. The number of carbonyl (C=O) groups excluding carboxylic acids is 1. The molecule has 0 radical (unpaired) electrons. The SMILES string of the molecule is C[C@H](Nc1nc(NC=O)nc(C(C)(C)F)n1)c1cccs1. The summed E-state index contributed by atoms with van der Waals surface area (Å²) in [5, 5.41) is 7.37. The van der Waals surface area contributed by atoms with Crippen LogP contribution in [0.3, 0.4) is 0 Å². The molecular formula is C13H16FN5OS. The Labute approximate surface area is 125 Å². The second-order valence-electron chi connectivity index (χ2n) is 4.92. The van der Waals surface area contributed by atoms with Gasteiger partial charge in [-0.15, -0.1) is 11.3 Å². The van der Waals surface area contributed by atoms with E-state index in [1.807, 2.05) is 24.4 Å². The summed E-state index contributed by atoms with van der Waals surface area (Å²) in [5.41, 5.74) is -1.73. The Kier molecular flexibility index (Phi) is 4.46. The Morgan fingerprint density at radius 2 is 2.05 bits per heavy atom. The van der Waals surface area contributed by atoms with Crippen molar-refractivity contribution in [1.29, 1.82) is 0 Å². The van der Waals surface area contributed by atoms with Gasteiger partial charge in [0.1, 0.15) is 0 Å². The standard InChI is InChI=1S/C13H16FN5OS/c1-8(9-5-4-6-21-9)16-12-18-10(13(2,3)14)17-11(19-12)15-7-20/h4-8H,1-3H3,(H2,15,16,17,18,19,20)/t8-/m0/s1. The molecule has 1 amide bonds. The van der Waals surface area contributed by atoms with E-state index in [4.69, 9.17) is 0 Å². The van der Waals surface area contributed by atoms with Crippen LogP contribution in [0.4, 0.5) is 16.3 Å². The molecule has 0 aliphatic heterocycles. The van der Waals surface area contributed by atoms with Crippen LogP contribution in [0.5, 0.6) is 0 Å². The molecule has 0 unspecified atom stereocenters. The number of amides is 1. The van der Waals surface area contributed by atoms with Crippen LogP contribution in [0, 0.1) is 0 Å². The lowest BCUT2D eigenvalue weighted by atomic mass is 10.1. The van der Waals surface area contributed by atoms with E-state index in [2.05, 4.69) is 25.6 Å². The first-order valence-corrected chi connectivity index (χ1v) is 7.23. The van der Waals surface area contributed by atoms with E-state index >= 15 is 0 Å². The molecule has 2 aromatic heterocycles. The monoisotopic (exact) mass is 309 g/mol. The summed E-state index contributed by atoms with van der Waals surface area (Å²) in [6, 6.07) is 3.89. The predicted molar refractivity (Wildman–Crippen MR) is 80.0 cm³/mol. The fourth-order valence-corrected chi connectivity index (χ4v) is 2.36. The van der Waals surface area contributed by atoms with E-state index in [1.165, 1.54) is 13.8 Å². The topological polar surface area (TPSA) is 79.8 Å². The van der Waals surface area contributed by atoms with Crippen molar-refractivity contribution in [3.8, 4) is 0 Å². The lowest BCUT2D eigenvalue weighted by molar-refractivity contribution is -0.105. The molecule has 112 valence electrons. The van der Waals surface area contributed by atoms with Gasteiger partial charge < -0.3 is 5.32 Å². The molecular weight excluding hydrogens is 293 g/mol. The molecule has 1 atom stereocenters. The van der Waals surface area contributed by atoms with Crippen molar-refractivity contribution >= 4 is 29.6 Å². The van der Waals surface area contributed by atoms with Crippen molar-refractivity contribution in [1.82, 2.24) is 15.0 Å². The lowest BCUT2D eigenvalue weighted by Crippen LogP contribution is -2.19. The minimum Gasteiger partial charge on any atom is -0.347 e. The second-order valence-corrected chi connectivity index (χ2v) is 5.90. The van der Waals surface area contributed by atoms with Crippen LogP contribution in [0.1, 0.15) is 37.5 Å². The minimum absolute atomic E-state index is 0.0154. The fourth-order valence-electron chi connectivity index (χ4n) is 1.63. The number of rotatable bonds is 6. The first kappa shape index (κ1) is 15.3. The van der Waals surface area contributed by atoms with E-state index in [-0.39, 0.29) is 23.8 Å². The van der Waals surface area contributed by atoms with Gasteiger partial charge in [-0.2, -0.15) is 15.0 Å². The van der Waals surface area contributed by atoms with Gasteiger partial charge in [-0.25, -0.2) is 4.39 Å². The van der Waals surface area contributed by atoms with E-state index < -0.39 is 5.67 Å². The predicted octanol–water partition coefficient (Wildman–Crippen LogP) is 2.88. The summed E-state index contributed by atoms with van der Waals surface area (Å²) in [5.74, 6) is 0.195. The van der Waals surface area contributed by atoms with Crippen molar-refractivity contribution in [2.75, 3.05) is 10.6 Å². The first-order chi connectivity index (χ1) is 9.90. The molecule has 0 aromatic carbocycles. The third-order valence-electron chi connectivity index (χ3n) is 2.67. The third-order valence-corrected chi connectivity index (χ3v) is 3.73. The highest BCUT2D eigenvalue weighted by Gasteiger charge is 2.25. The number of hydrogen-bond acceptors (Lipinski definition) is 6. The van der Waals surface area contributed by atoms with Crippen LogP contribution in [0.25, 0.3) is 0 Å². The van der Waals surface area contributed by atoms with Gasteiger partial charge in [0.15, 0.2) is 11.5 Å². The molecule has 0 bridgehead atoms. The molecule has 0 aliphatic carbocycles. The van der Waals surface area contributed by atoms with E-state index in [9.17, 15) is 9.18 Å². The van der Waals surface area contributed by atoms with Crippen LogP contribution in [0.2, 0.25) is 0 Å². The Bertz CT molecular complexity index is 612. The van der Waals surface area contributed by atoms with Crippen LogP contribution < -0.4 is 10.6 Å². The summed E-state index contributed by atoms with van der Waals surface area (Å²) < 4.78 is 14.0. The summed E-state index contributed by atoms with van der Waals surface area (Å²) in [4.78, 5) is 23.6. The van der Waals surface area contributed by atoms with E-state index in [1.54, 1.807) is 11.3 Å². The summed E-state index contributed by atoms with van der Waals surface area (Å²) in [6.45, 7) is 4.64. The molecule has 21 heavy (non-hydrogen) atoms. The zero-order valence-corrected chi connectivity index (χ0v) is 12.7. The maximum absolute atomic E-state index is 14.0. The van der Waals surface area contributed by atoms with Crippen molar-refractivity contribution in [3.05, 3.63) is 28.2 Å². The van der Waals surface area contributed by atoms with Crippen LogP contribution in [0.15, 0.2) is 17.5 Å². The highest BCUT2D eigenvalue weighted by molar-refractivity contribution is 7.10. The van der Waals surface area contributed by atoms with Crippen molar-refractivity contribution < 1.29 is 9.18 Å². The average Bonchev–Trinajstić information content (AvgIpc) is 2.91. The zero-order valence-electron chi connectivity index (χ0n) is 11.9. The van der Waals surface area contributed by atoms with Gasteiger partial charge in [0.2, 0.25) is 18.3 Å². The molecule has 0 fully saturated rings. The maximum Gasteiger partial charge on any atom is 0.234 e. The normalized spacial score (nSPS) is 12.8. The Balaban J connectivity index is 2.29. The molecule has 0 aliphatic rings. The van der Waals surface area contributed by atoms with Gasteiger partial charge in [0, 0.05) is 4.88 Å². The Morgan fingerprint density at radius 1 is 1.33 bits per heavy atom. The van der Waals surface area contributed by atoms with E-state index in [0.717, 1.165) is 4.88 Å². The molecule has 2 heterocycles. The van der Waals surface area contributed by atoms with Crippen molar-refractivity contribution in [2.45, 2.75) is 32.5 Å². The molecule has 0 saturated carbocycles. The number of carbonyl (C=O) groups is 1. The number of halogens is 1. The van der Waals surface area contributed by atoms with Gasteiger partial charge >= 0.3 is 0 Å². The van der Waals surface area contributed by atoms with Crippen LogP contribution in [-0.2, 0) is 10.5 Å². The molecule has 0 spiro atoms. The van der Waals surface area contributed by atoms with Crippen LogP contribution in [-0.4, -0.2) is 21.4 Å². The van der Waals surface area contributed by atoms with Crippen LogP contribution >= 0.6 is 11.3 Å². The van der Waals surface area contributed by atoms with Crippen molar-refractivity contribution in [3.63, 3.8) is 0 Å². The Hall–Kier alpha value is -2.09. The minimum atomic E-state index is -1.73. The molecule has 0 saturated heterocycles. The Morgan fingerprint density at radius 3 is 2.62 bits per heavy atom. The van der Waals surface area contributed by atoms with Gasteiger partial charge in [-0.3, -0.25) is 10.1 Å². The third kappa shape index (κ3) is 3.94. The molecule has 8 heteroatoms. The highest BCUT2D eigenvalue weighted by atomic mass is 32.1. The smallest absolute Gasteiger partial charge is 0.234 e. The number of aromatic nitrogens is 3. The highest BCUT2D eigenvalue weighted by Crippen LogP contribution is 2.25. The van der Waals surface area contributed by atoms with Gasteiger partial charge in [-0.1, -0.05) is 6.07 Å². The number of nitrogens with zero attached hydrogens (tertiary/aromatic N) is 3. The average molecular weight is 309 g/mol. The number of anilines is 2. The molecule has 2 N–H and O–H groups in total. The van der Waals surface area contributed by atoms with Gasteiger partial charge in [-0.05, 0) is 32.2 Å². The second kappa shape index (κ2) is 6.13. The molecule has 6 nitrogen and oxygen atoms in total. The fraction of sp³-hybridized carbons (Fsp3) is 0.385. The number of hydrogen-bond donors (Lipinski definition) is 2. The van der Waals surface area contributed by atoms with E-state index in [0.29, 0.717) is 6.41 Å². The van der Waals surface area contributed by atoms with Gasteiger partial charge in [0.25, 0.3) is 0 Å². The number of nitrogens with one attached hydrogen (secondary N) is 2. The zero-order chi connectivity index (χ0) is 15.5. The maximum atomic E-state index is 14.0. The summed E-state index contributed by atoms with van der Waals surface area (Å²) in [6.07, 6.45) is 0.441. The summed E-state index contributed by atoms with van der Waals surface area (Å²) in [7, 11) is 0. The first-order valence-electron chi connectivity index (χ1n) is 6.35.